The van der Waals surface area contributed by atoms with Crippen LogP contribution in [0.4, 0.5) is 18.9 Å². The van der Waals surface area contributed by atoms with Gasteiger partial charge in [0.15, 0.2) is 5.75 Å². The van der Waals surface area contributed by atoms with Crippen LogP contribution in [0.25, 0.3) is 10.9 Å². The lowest BCUT2D eigenvalue weighted by Gasteiger charge is -2.35. The molecule has 13 heteroatoms. The fourth-order valence-corrected chi connectivity index (χ4v) is 5.97. The van der Waals surface area contributed by atoms with Gasteiger partial charge in [-0.3, -0.25) is 19.4 Å². The number of amides is 1. The molecular weight excluding hydrogens is 573 g/mol. The van der Waals surface area contributed by atoms with Gasteiger partial charge in [0.1, 0.15) is 10.6 Å². The Labute approximate surface area is 240 Å². The third kappa shape index (κ3) is 6.74. The molecule has 220 valence electrons. The summed E-state index contributed by atoms with van der Waals surface area (Å²) in [5.74, 6) is -0.575. The summed E-state index contributed by atoms with van der Waals surface area (Å²) in [7, 11) is -2.78. The van der Waals surface area contributed by atoms with Crippen molar-refractivity contribution in [1.29, 1.82) is 0 Å². The van der Waals surface area contributed by atoms with E-state index < -0.39 is 33.7 Å². The number of hydrogen-bond donors (Lipinski definition) is 1. The summed E-state index contributed by atoms with van der Waals surface area (Å²) in [6.07, 6.45) is -3.71. The molecule has 1 aromatic heterocycles. The number of carbonyl (C=O) groups excluding carboxylic acids is 1. The topological polar surface area (TPSA) is 101 Å². The third-order valence-corrected chi connectivity index (χ3v) is 8.21. The zero-order valence-corrected chi connectivity index (χ0v) is 23.3. The van der Waals surface area contributed by atoms with Crippen molar-refractivity contribution < 1.29 is 35.9 Å². The van der Waals surface area contributed by atoms with Gasteiger partial charge in [0.05, 0.1) is 18.3 Å². The Bertz CT molecular complexity index is 1680. The molecule has 0 saturated carbocycles. The minimum absolute atomic E-state index is 0.0624. The molecule has 1 fully saturated rings. The lowest BCUT2D eigenvalue weighted by molar-refractivity contribution is -0.274. The lowest BCUT2D eigenvalue weighted by atomic mass is 10.1. The minimum atomic E-state index is -5.13. The van der Waals surface area contributed by atoms with Gasteiger partial charge < -0.3 is 14.4 Å². The molecule has 2 heterocycles. The van der Waals surface area contributed by atoms with Gasteiger partial charge in [0, 0.05) is 49.9 Å². The van der Waals surface area contributed by atoms with Crippen molar-refractivity contribution in [1.82, 2.24) is 14.8 Å². The van der Waals surface area contributed by atoms with Gasteiger partial charge in [-0.05, 0) is 48.0 Å². The van der Waals surface area contributed by atoms with Crippen LogP contribution in [0, 0.1) is 0 Å². The number of pyridine rings is 1. The number of fused-ring (bicyclic) bond motifs is 1. The summed E-state index contributed by atoms with van der Waals surface area (Å²) in [6, 6.07) is 18.7. The van der Waals surface area contributed by atoms with Crippen molar-refractivity contribution in [3.05, 3.63) is 90.1 Å². The second-order valence-electron chi connectivity index (χ2n) is 9.61. The van der Waals surface area contributed by atoms with E-state index in [1.807, 2.05) is 24.3 Å². The van der Waals surface area contributed by atoms with Crippen molar-refractivity contribution in [3.63, 3.8) is 0 Å². The van der Waals surface area contributed by atoms with Crippen LogP contribution in [-0.2, 0) is 16.6 Å². The van der Waals surface area contributed by atoms with E-state index in [4.69, 9.17) is 4.74 Å². The highest BCUT2D eigenvalue weighted by atomic mass is 32.2. The molecule has 0 spiro atoms. The van der Waals surface area contributed by atoms with E-state index in [0.29, 0.717) is 38.1 Å². The number of anilines is 1. The van der Waals surface area contributed by atoms with Gasteiger partial charge in [-0.2, -0.15) is 0 Å². The molecule has 1 saturated heterocycles. The third-order valence-electron chi connectivity index (χ3n) is 6.81. The highest BCUT2D eigenvalue weighted by molar-refractivity contribution is 7.93. The molecule has 0 aliphatic carbocycles. The number of aromatic nitrogens is 1. The van der Waals surface area contributed by atoms with E-state index >= 15 is 0 Å². The molecule has 0 unspecified atom stereocenters. The quantitative estimate of drug-likeness (QED) is 0.307. The SMILES string of the molecule is COc1ccc(CN2CCN(C(=O)c3ccc(NS(=O)(=O)c4cccc5cccnc45)c(OC(F)(F)F)c3)CC2)cc1. The minimum Gasteiger partial charge on any atom is -0.497 e. The van der Waals surface area contributed by atoms with Crippen LogP contribution in [0.1, 0.15) is 15.9 Å². The van der Waals surface area contributed by atoms with Crippen LogP contribution < -0.4 is 14.2 Å². The molecule has 42 heavy (non-hydrogen) atoms. The number of methoxy groups -OCH3 is 1. The van der Waals surface area contributed by atoms with Crippen molar-refractivity contribution in [3.8, 4) is 11.5 Å². The number of sulfonamides is 1. The van der Waals surface area contributed by atoms with Crippen LogP contribution >= 0.6 is 0 Å². The number of carbonyl (C=O) groups is 1. The summed E-state index contributed by atoms with van der Waals surface area (Å²) in [4.78, 5) is 20.8. The van der Waals surface area contributed by atoms with Crippen molar-refractivity contribution in [2.75, 3.05) is 38.0 Å². The Hall–Kier alpha value is -4.36. The highest BCUT2D eigenvalue weighted by Gasteiger charge is 2.34. The summed E-state index contributed by atoms with van der Waals surface area (Å²) in [6.45, 7) is 2.55. The van der Waals surface area contributed by atoms with Gasteiger partial charge in [-0.15, -0.1) is 13.2 Å². The van der Waals surface area contributed by atoms with E-state index in [1.165, 1.54) is 24.4 Å². The number of ether oxygens (including phenoxy) is 2. The molecule has 1 amide bonds. The number of halogens is 3. The van der Waals surface area contributed by atoms with Crippen molar-refractivity contribution in [2.24, 2.45) is 0 Å². The number of benzene rings is 3. The molecule has 1 aliphatic rings. The van der Waals surface area contributed by atoms with Crippen LogP contribution in [-0.4, -0.2) is 68.8 Å². The Morgan fingerprint density at radius 3 is 2.38 bits per heavy atom. The smallest absolute Gasteiger partial charge is 0.497 e. The summed E-state index contributed by atoms with van der Waals surface area (Å²) >= 11 is 0. The van der Waals surface area contributed by atoms with Gasteiger partial charge in [0.2, 0.25) is 0 Å². The zero-order valence-electron chi connectivity index (χ0n) is 22.5. The van der Waals surface area contributed by atoms with E-state index in [2.05, 4.69) is 19.3 Å². The average molecular weight is 601 g/mol. The molecule has 1 N–H and O–H groups in total. The van der Waals surface area contributed by atoms with Gasteiger partial charge in [0.25, 0.3) is 15.9 Å². The first kappa shape index (κ1) is 29.1. The van der Waals surface area contributed by atoms with E-state index in [9.17, 15) is 26.4 Å². The molecule has 5 rings (SSSR count). The fraction of sp³-hybridized carbons (Fsp3) is 0.241. The number of piperazine rings is 1. The molecule has 9 nitrogen and oxygen atoms in total. The predicted molar refractivity (Wildman–Crippen MR) is 150 cm³/mol. The maximum absolute atomic E-state index is 13.3. The molecular formula is C29H27F3N4O5S. The molecule has 1 aliphatic heterocycles. The first-order valence-electron chi connectivity index (χ1n) is 12.9. The summed E-state index contributed by atoms with van der Waals surface area (Å²) < 4.78 is 77.9. The standard InChI is InChI=1S/C29H27F3N4O5S/c1-40-23-10-7-20(8-11-23)19-35-14-16-36(17-15-35)28(37)22-9-12-24(25(18-22)41-29(30,31)32)34-42(38,39)26-6-2-4-21-5-3-13-33-27(21)26/h2-13,18,34H,14-17,19H2,1H3. The molecule has 3 aromatic carbocycles. The molecule has 0 radical (unpaired) electrons. The van der Waals surface area contributed by atoms with Crippen LogP contribution in [0.3, 0.4) is 0 Å². The van der Waals surface area contributed by atoms with Gasteiger partial charge >= 0.3 is 6.36 Å². The van der Waals surface area contributed by atoms with Crippen LogP contribution in [0.5, 0.6) is 11.5 Å². The number of alkyl halides is 3. The predicted octanol–water partition coefficient (Wildman–Crippen LogP) is 4.90. The summed E-state index contributed by atoms with van der Waals surface area (Å²) in [5.41, 5.74) is 0.708. The fourth-order valence-electron chi connectivity index (χ4n) is 4.72. The Kier molecular flexibility index (Phi) is 8.23. The first-order valence-corrected chi connectivity index (χ1v) is 14.4. The number of hydrogen-bond acceptors (Lipinski definition) is 7. The van der Waals surface area contributed by atoms with Gasteiger partial charge in [-0.25, -0.2) is 8.42 Å². The van der Waals surface area contributed by atoms with Crippen molar-refractivity contribution >= 4 is 32.5 Å². The second-order valence-corrected chi connectivity index (χ2v) is 11.3. The monoisotopic (exact) mass is 600 g/mol. The Balaban J connectivity index is 1.32. The van der Waals surface area contributed by atoms with Crippen LogP contribution in [0.15, 0.2) is 83.9 Å². The molecule has 0 bridgehead atoms. The summed E-state index contributed by atoms with van der Waals surface area (Å²) in [5, 5.41) is 0.539. The molecule has 0 atom stereocenters. The normalized spacial score (nSPS) is 14.5. The van der Waals surface area contributed by atoms with E-state index in [0.717, 1.165) is 23.4 Å². The van der Waals surface area contributed by atoms with E-state index in [-0.39, 0.29) is 16.0 Å². The maximum atomic E-state index is 13.3. The Morgan fingerprint density at radius 1 is 0.976 bits per heavy atom. The number of para-hydroxylation sites is 1. The highest BCUT2D eigenvalue weighted by Crippen LogP contribution is 2.34. The van der Waals surface area contributed by atoms with Crippen molar-refractivity contribution in [2.45, 2.75) is 17.8 Å². The molecule has 4 aromatic rings. The second kappa shape index (κ2) is 11.9. The average Bonchev–Trinajstić information content (AvgIpc) is 2.97. The first-order chi connectivity index (χ1) is 20.0. The maximum Gasteiger partial charge on any atom is 0.573 e. The number of nitrogens with one attached hydrogen (secondary N) is 1. The largest absolute Gasteiger partial charge is 0.573 e. The van der Waals surface area contributed by atoms with Crippen LogP contribution in [0.2, 0.25) is 0 Å². The van der Waals surface area contributed by atoms with E-state index in [1.54, 1.807) is 30.2 Å². The Morgan fingerprint density at radius 2 is 1.69 bits per heavy atom. The number of rotatable bonds is 8. The zero-order chi connectivity index (χ0) is 29.9. The number of nitrogens with zero attached hydrogens (tertiary/aromatic N) is 3. The lowest BCUT2D eigenvalue weighted by Crippen LogP contribution is -2.48. The van der Waals surface area contributed by atoms with Gasteiger partial charge in [-0.1, -0.05) is 30.3 Å².